The quantitative estimate of drug-likeness (QED) is 0.400. The lowest BCUT2D eigenvalue weighted by Gasteiger charge is -1.96. The highest BCUT2D eigenvalue weighted by atomic mass is 16.6. The number of aromatic amines is 2. The molecular formula is C10H8N6O4. The lowest BCUT2D eigenvalue weighted by atomic mass is 10.2. The highest BCUT2D eigenvalue weighted by Crippen LogP contribution is 2.11. The lowest BCUT2D eigenvalue weighted by molar-refractivity contribution is -0.384. The topological polar surface area (TPSA) is 146 Å². The molecule has 102 valence electrons. The van der Waals surface area contributed by atoms with Crippen LogP contribution in [0.2, 0.25) is 0 Å². The first-order chi connectivity index (χ1) is 9.56. The van der Waals surface area contributed by atoms with Gasteiger partial charge in [-0.3, -0.25) is 25.3 Å². The molecule has 0 atom stereocenters. The summed E-state index contributed by atoms with van der Waals surface area (Å²) in [5.74, 6) is -0.203. The van der Waals surface area contributed by atoms with Gasteiger partial charge < -0.3 is 0 Å². The molecule has 0 spiro atoms. The molecular weight excluding hydrogens is 268 g/mol. The summed E-state index contributed by atoms with van der Waals surface area (Å²) in [6.45, 7) is 0. The second kappa shape index (κ2) is 5.56. The molecule has 0 unspecified atom stereocenters. The Labute approximate surface area is 110 Å². The van der Waals surface area contributed by atoms with Gasteiger partial charge in [-0.2, -0.15) is 5.10 Å². The van der Waals surface area contributed by atoms with Crippen molar-refractivity contribution in [3.63, 3.8) is 0 Å². The van der Waals surface area contributed by atoms with Crippen molar-refractivity contribution >= 4 is 17.7 Å². The van der Waals surface area contributed by atoms with Crippen LogP contribution < -0.4 is 16.7 Å². The molecule has 1 aromatic heterocycles. The van der Waals surface area contributed by atoms with E-state index in [1.807, 2.05) is 10.1 Å². The Morgan fingerprint density at radius 2 is 2.20 bits per heavy atom. The van der Waals surface area contributed by atoms with Gasteiger partial charge in [0.15, 0.2) is 0 Å². The van der Waals surface area contributed by atoms with E-state index in [-0.39, 0.29) is 11.5 Å². The molecule has 0 saturated heterocycles. The molecule has 0 fully saturated rings. The van der Waals surface area contributed by atoms with E-state index < -0.39 is 16.2 Å². The molecule has 0 amide bonds. The summed E-state index contributed by atoms with van der Waals surface area (Å²) in [6.07, 6.45) is 1.28. The van der Waals surface area contributed by atoms with Crippen molar-refractivity contribution in [2.75, 3.05) is 5.43 Å². The largest absolute Gasteiger partial charge is 0.342 e. The molecule has 1 aromatic carbocycles. The molecule has 10 heteroatoms. The smallest absolute Gasteiger partial charge is 0.270 e. The maximum Gasteiger partial charge on any atom is 0.342 e. The second-order valence-corrected chi connectivity index (χ2v) is 3.58. The number of rotatable bonds is 4. The normalized spacial score (nSPS) is 10.6. The molecule has 0 aliphatic heterocycles. The maximum atomic E-state index is 11.3. The van der Waals surface area contributed by atoms with Gasteiger partial charge in [0, 0.05) is 17.7 Å². The van der Waals surface area contributed by atoms with Crippen LogP contribution in [0.3, 0.4) is 0 Å². The third-order valence-corrected chi connectivity index (χ3v) is 2.18. The van der Waals surface area contributed by atoms with Crippen molar-refractivity contribution in [1.29, 1.82) is 0 Å². The second-order valence-electron chi connectivity index (χ2n) is 3.58. The van der Waals surface area contributed by atoms with E-state index >= 15 is 0 Å². The fourth-order valence-corrected chi connectivity index (χ4v) is 1.31. The average Bonchev–Trinajstić information content (AvgIpc) is 2.41. The zero-order valence-corrected chi connectivity index (χ0v) is 9.86. The van der Waals surface area contributed by atoms with Crippen LogP contribution in [-0.2, 0) is 0 Å². The number of benzene rings is 1. The first-order valence-electron chi connectivity index (χ1n) is 5.29. The molecule has 2 aromatic rings. The monoisotopic (exact) mass is 276 g/mol. The fourth-order valence-electron chi connectivity index (χ4n) is 1.31. The van der Waals surface area contributed by atoms with Gasteiger partial charge in [-0.15, -0.1) is 5.10 Å². The van der Waals surface area contributed by atoms with Crippen LogP contribution >= 0.6 is 0 Å². The van der Waals surface area contributed by atoms with Gasteiger partial charge >= 0.3 is 5.69 Å². The SMILES string of the molecule is O=c1[nH]nc(N/N=C/c2cccc([N+](=O)[O-])c2)c(=O)[nH]1. The number of anilines is 1. The van der Waals surface area contributed by atoms with Crippen molar-refractivity contribution in [2.45, 2.75) is 0 Å². The Morgan fingerprint density at radius 3 is 2.90 bits per heavy atom. The van der Waals surface area contributed by atoms with E-state index in [9.17, 15) is 19.7 Å². The number of nitrogens with one attached hydrogen (secondary N) is 3. The van der Waals surface area contributed by atoms with E-state index in [2.05, 4.69) is 15.6 Å². The number of nitro benzene ring substituents is 1. The minimum Gasteiger partial charge on any atom is -0.270 e. The Kier molecular flexibility index (Phi) is 3.65. The van der Waals surface area contributed by atoms with Crippen molar-refractivity contribution in [3.05, 3.63) is 60.8 Å². The number of hydrogen-bond donors (Lipinski definition) is 3. The number of nitro groups is 1. The molecule has 0 bridgehead atoms. The van der Waals surface area contributed by atoms with Crippen LogP contribution in [0.4, 0.5) is 11.5 Å². The summed E-state index contributed by atoms with van der Waals surface area (Å²) >= 11 is 0. The van der Waals surface area contributed by atoms with E-state index in [0.29, 0.717) is 5.56 Å². The predicted octanol–water partition coefficient (Wildman–Crippen LogP) is -0.188. The summed E-state index contributed by atoms with van der Waals surface area (Å²) < 4.78 is 0. The van der Waals surface area contributed by atoms with Gasteiger partial charge in [0.25, 0.3) is 11.2 Å². The minimum atomic E-state index is -0.733. The number of hydrogen-bond acceptors (Lipinski definition) is 7. The number of nitrogens with zero attached hydrogens (tertiary/aromatic N) is 3. The van der Waals surface area contributed by atoms with Crippen LogP contribution in [0.5, 0.6) is 0 Å². The standard InChI is InChI=1S/C10H8N6O4/c17-9-8(14-15-10(18)12-9)13-11-5-6-2-1-3-7(4-6)16(19)20/h1-5H,(H,13,14)(H2,12,15,17,18)/b11-5+. The molecule has 3 N–H and O–H groups in total. The molecule has 1 heterocycles. The number of H-pyrrole nitrogens is 2. The van der Waals surface area contributed by atoms with Crippen LogP contribution in [0.15, 0.2) is 39.0 Å². The van der Waals surface area contributed by atoms with Gasteiger partial charge in [-0.05, 0) is 0 Å². The highest BCUT2D eigenvalue weighted by molar-refractivity contribution is 5.81. The van der Waals surface area contributed by atoms with E-state index in [0.717, 1.165) is 0 Å². The first-order valence-corrected chi connectivity index (χ1v) is 5.29. The summed E-state index contributed by atoms with van der Waals surface area (Å²) in [5, 5.41) is 19.7. The number of non-ortho nitro benzene ring substituents is 1. The first kappa shape index (κ1) is 13.1. The minimum absolute atomic E-state index is 0.0750. The van der Waals surface area contributed by atoms with Crippen LogP contribution in [0, 0.1) is 10.1 Å². The third-order valence-electron chi connectivity index (χ3n) is 2.18. The molecule has 20 heavy (non-hydrogen) atoms. The Bertz CT molecular complexity index is 778. The lowest BCUT2D eigenvalue weighted by Crippen LogP contribution is -2.25. The summed E-state index contributed by atoms with van der Waals surface area (Å²) in [4.78, 5) is 34.0. The van der Waals surface area contributed by atoms with Crippen molar-refractivity contribution in [2.24, 2.45) is 5.10 Å². The average molecular weight is 276 g/mol. The maximum absolute atomic E-state index is 11.3. The Balaban J connectivity index is 2.14. The van der Waals surface area contributed by atoms with Gasteiger partial charge in [0.2, 0.25) is 5.82 Å². The molecule has 10 nitrogen and oxygen atoms in total. The summed E-state index contributed by atoms with van der Waals surface area (Å²) in [5.41, 5.74) is 1.24. The summed E-state index contributed by atoms with van der Waals surface area (Å²) in [6, 6.07) is 5.77. The fraction of sp³-hybridized carbons (Fsp3) is 0. The molecule has 0 radical (unpaired) electrons. The van der Waals surface area contributed by atoms with Gasteiger partial charge in [-0.1, -0.05) is 12.1 Å². The molecule has 0 aliphatic rings. The zero-order chi connectivity index (χ0) is 14.5. The van der Waals surface area contributed by atoms with Crippen molar-refractivity contribution in [1.82, 2.24) is 15.2 Å². The zero-order valence-electron chi connectivity index (χ0n) is 9.86. The van der Waals surface area contributed by atoms with Crippen molar-refractivity contribution in [3.8, 4) is 0 Å². The summed E-state index contributed by atoms with van der Waals surface area (Å²) in [7, 11) is 0. The van der Waals surface area contributed by atoms with Crippen LogP contribution in [0.25, 0.3) is 0 Å². The molecule has 0 aliphatic carbocycles. The Morgan fingerprint density at radius 1 is 1.40 bits per heavy atom. The predicted molar refractivity (Wildman–Crippen MR) is 69.8 cm³/mol. The highest BCUT2D eigenvalue weighted by Gasteiger charge is 2.04. The van der Waals surface area contributed by atoms with Gasteiger partial charge in [0.1, 0.15) is 0 Å². The number of aromatic nitrogens is 3. The van der Waals surface area contributed by atoms with E-state index in [1.165, 1.54) is 24.4 Å². The third kappa shape index (κ3) is 3.13. The van der Waals surface area contributed by atoms with Gasteiger partial charge in [-0.25, -0.2) is 9.89 Å². The van der Waals surface area contributed by atoms with E-state index in [4.69, 9.17) is 0 Å². The van der Waals surface area contributed by atoms with Crippen LogP contribution in [-0.4, -0.2) is 26.3 Å². The molecule has 2 rings (SSSR count). The molecule has 0 saturated carbocycles. The van der Waals surface area contributed by atoms with Crippen LogP contribution in [0.1, 0.15) is 5.56 Å². The van der Waals surface area contributed by atoms with Gasteiger partial charge in [0.05, 0.1) is 11.1 Å². The Hall–Kier alpha value is -3.30. The van der Waals surface area contributed by atoms with Crippen molar-refractivity contribution < 1.29 is 4.92 Å². The van der Waals surface area contributed by atoms with E-state index in [1.54, 1.807) is 6.07 Å². The number of hydrazone groups is 1.